The van der Waals surface area contributed by atoms with Crippen LogP contribution in [-0.4, -0.2) is 0 Å². The van der Waals surface area contributed by atoms with Crippen LogP contribution in [0.3, 0.4) is 0 Å². The summed E-state index contributed by atoms with van der Waals surface area (Å²) in [4.78, 5) is 12.4. The molecule has 154 valence electrons. The standard InChI is InChI=1S/C26H31FO2/c1-3-5-7-8-9-10-19-12-14-20(15-13-19)23-17-16-21-18-22(11-6-4-2)29-26(28)24(21)25(23)27/h12-18H,3-11H2,1-2H3. The lowest BCUT2D eigenvalue weighted by Crippen LogP contribution is -2.05. The van der Waals surface area contributed by atoms with Crippen molar-refractivity contribution in [2.45, 2.75) is 71.6 Å². The fraction of sp³-hybridized carbons (Fsp3) is 0.423. The summed E-state index contributed by atoms with van der Waals surface area (Å²) in [5.41, 5.74) is 1.91. The third kappa shape index (κ3) is 5.35. The van der Waals surface area contributed by atoms with E-state index in [1.54, 1.807) is 12.1 Å². The van der Waals surface area contributed by atoms with Gasteiger partial charge in [-0.1, -0.05) is 82.3 Å². The zero-order valence-corrected chi connectivity index (χ0v) is 17.6. The Bertz CT molecular complexity index is 986. The van der Waals surface area contributed by atoms with Crippen molar-refractivity contribution in [2.75, 3.05) is 0 Å². The molecule has 0 N–H and O–H groups in total. The molecule has 0 atom stereocenters. The van der Waals surface area contributed by atoms with Crippen molar-refractivity contribution in [1.29, 1.82) is 0 Å². The average molecular weight is 395 g/mol. The molecule has 0 aliphatic rings. The molecule has 3 rings (SSSR count). The van der Waals surface area contributed by atoms with Gasteiger partial charge in [0.05, 0.1) is 0 Å². The Kier molecular flexibility index (Phi) is 7.62. The predicted octanol–water partition coefficient (Wildman–Crippen LogP) is 7.45. The van der Waals surface area contributed by atoms with Gasteiger partial charge in [-0.25, -0.2) is 9.18 Å². The largest absolute Gasteiger partial charge is 0.427 e. The number of rotatable bonds is 10. The summed E-state index contributed by atoms with van der Waals surface area (Å²) < 4.78 is 20.5. The normalized spacial score (nSPS) is 11.3. The third-order valence-electron chi connectivity index (χ3n) is 5.53. The van der Waals surface area contributed by atoms with Gasteiger partial charge in [0.25, 0.3) is 0 Å². The maximum Gasteiger partial charge on any atom is 0.346 e. The lowest BCUT2D eigenvalue weighted by atomic mass is 9.98. The summed E-state index contributed by atoms with van der Waals surface area (Å²) in [5.74, 6) is 0.130. The minimum atomic E-state index is -0.586. The maximum absolute atomic E-state index is 15.2. The van der Waals surface area contributed by atoms with Crippen LogP contribution in [0.5, 0.6) is 0 Å². The van der Waals surface area contributed by atoms with E-state index in [2.05, 4.69) is 26.0 Å². The third-order valence-corrected chi connectivity index (χ3v) is 5.53. The number of unbranched alkanes of at least 4 members (excludes halogenated alkanes) is 5. The second kappa shape index (κ2) is 10.4. The second-order valence-corrected chi connectivity index (χ2v) is 7.86. The van der Waals surface area contributed by atoms with Crippen LogP contribution in [0.25, 0.3) is 21.9 Å². The molecule has 0 saturated carbocycles. The Morgan fingerprint density at radius 3 is 2.28 bits per heavy atom. The molecule has 1 heterocycles. The summed E-state index contributed by atoms with van der Waals surface area (Å²) >= 11 is 0. The molecule has 1 aromatic heterocycles. The molecule has 29 heavy (non-hydrogen) atoms. The first kappa shape index (κ1) is 21.3. The van der Waals surface area contributed by atoms with Gasteiger partial charge < -0.3 is 4.42 Å². The Labute approximate surface area is 172 Å². The van der Waals surface area contributed by atoms with E-state index in [1.165, 1.54) is 37.7 Å². The number of aryl methyl sites for hydroxylation is 2. The zero-order chi connectivity index (χ0) is 20.6. The molecule has 0 aliphatic heterocycles. The fourth-order valence-corrected chi connectivity index (χ4v) is 3.77. The smallest absolute Gasteiger partial charge is 0.346 e. The monoisotopic (exact) mass is 394 g/mol. The van der Waals surface area contributed by atoms with E-state index in [-0.39, 0.29) is 5.39 Å². The van der Waals surface area contributed by atoms with Gasteiger partial charge in [0.2, 0.25) is 0 Å². The van der Waals surface area contributed by atoms with E-state index >= 15 is 4.39 Å². The first-order valence-electron chi connectivity index (χ1n) is 11.0. The molecule has 3 aromatic rings. The van der Waals surface area contributed by atoms with Gasteiger partial charge in [-0.05, 0) is 41.8 Å². The summed E-state index contributed by atoms with van der Waals surface area (Å²) in [6, 6.07) is 13.4. The highest BCUT2D eigenvalue weighted by atomic mass is 19.1. The van der Waals surface area contributed by atoms with E-state index < -0.39 is 11.4 Å². The molecule has 0 amide bonds. The highest BCUT2D eigenvalue weighted by molar-refractivity contribution is 5.87. The van der Waals surface area contributed by atoms with Crippen LogP contribution in [0.4, 0.5) is 4.39 Å². The molecule has 2 nitrogen and oxygen atoms in total. The topological polar surface area (TPSA) is 30.2 Å². The van der Waals surface area contributed by atoms with Crippen molar-refractivity contribution >= 4 is 10.8 Å². The number of hydrogen-bond acceptors (Lipinski definition) is 2. The van der Waals surface area contributed by atoms with Crippen LogP contribution >= 0.6 is 0 Å². The predicted molar refractivity (Wildman–Crippen MR) is 119 cm³/mol. The Morgan fingerprint density at radius 2 is 1.55 bits per heavy atom. The molecule has 0 fully saturated rings. The lowest BCUT2D eigenvalue weighted by Gasteiger charge is -2.09. The first-order chi connectivity index (χ1) is 14.1. The van der Waals surface area contributed by atoms with Crippen LogP contribution in [-0.2, 0) is 12.8 Å². The number of fused-ring (bicyclic) bond motifs is 1. The lowest BCUT2D eigenvalue weighted by molar-refractivity contribution is 0.458. The average Bonchev–Trinajstić information content (AvgIpc) is 2.73. The van der Waals surface area contributed by atoms with Crippen molar-refractivity contribution in [3.05, 3.63) is 70.0 Å². The van der Waals surface area contributed by atoms with E-state index in [1.807, 2.05) is 18.2 Å². The molecular weight excluding hydrogens is 363 g/mol. The van der Waals surface area contributed by atoms with Crippen LogP contribution in [0.1, 0.15) is 70.1 Å². The minimum Gasteiger partial charge on any atom is -0.427 e. The van der Waals surface area contributed by atoms with Crippen LogP contribution in [0.15, 0.2) is 51.7 Å². The Hall–Kier alpha value is -2.42. The van der Waals surface area contributed by atoms with Crippen molar-refractivity contribution < 1.29 is 8.81 Å². The summed E-state index contributed by atoms with van der Waals surface area (Å²) in [6.07, 6.45) is 10.00. The van der Waals surface area contributed by atoms with Crippen LogP contribution in [0.2, 0.25) is 0 Å². The molecular formula is C26H31FO2. The van der Waals surface area contributed by atoms with E-state index in [9.17, 15) is 4.79 Å². The van der Waals surface area contributed by atoms with Gasteiger partial charge in [-0.2, -0.15) is 0 Å². The van der Waals surface area contributed by atoms with Gasteiger partial charge in [0.15, 0.2) is 0 Å². The molecule has 0 saturated heterocycles. The zero-order valence-electron chi connectivity index (χ0n) is 17.6. The van der Waals surface area contributed by atoms with E-state index in [0.717, 1.165) is 24.8 Å². The van der Waals surface area contributed by atoms with Crippen LogP contribution < -0.4 is 5.63 Å². The van der Waals surface area contributed by atoms with E-state index in [4.69, 9.17) is 4.42 Å². The Morgan fingerprint density at radius 1 is 0.828 bits per heavy atom. The van der Waals surface area contributed by atoms with Gasteiger partial charge in [0, 0.05) is 12.0 Å². The summed E-state index contributed by atoms with van der Waals surface area (Å²) in [6.45, 7) is 4.31. The van der Waals surface area contributed by atoms with Crippen molar-refractivity contribution in [2.24, 2.45) is 0 Å². The van der Waals surface area contributed by atoms with Gasteiger partial charge >= 0.3 is 5.63 Å². The highest BCUT2D eigenvalue weighted by Gasteiger charge is 2.14. The molecule has 2 aromatic carbocycles. The second-order valence-electron chi connectivity index (χ2n) is 7.86. The molecule has 3 heteroatoms. The van der Waals surface area contributed by atoms with Crippen molar-refractivity contribution in [3.63, 3.8) is 0 Å². The van der Waals surface area contributed by atoms with Gasteiger partial charge in [0.1, 0.15) is 17.0 Å². The first-order valence-corrected chi connectivity index (χ1v) is 11.0. The quantitative estimate of drug-likeness (QED) is 0.334. The fourth-order valence-electron chi connectivity index (χ4n) is 3.77. The molecule has 0 radical (unpaired) electrons. The van der Waals surface area contributed by atoms with Gasteiger partial charge in [-0.15, -0.1) is 0 Å². The van der Waals surface area contributed by atoms with Crippen LogP contribution in [0, 0.1) is 5.82 Å². The maximum atomic E-state index is 15.2. The summed E-state index contributed by atoms with van der Waals surface area (Å²) in [5, 5.41) is 0.653. The van der Waals surface area contributed by atoms with E-state index in [0.29, 0.717) is 23.1 Å². The number of halogens is 1. The molecule has 0 spiro atoms. The van der Waals surface area contributed by atoms with Gasteiger partial charge in [-0.3, -0.25) is 0 Å². The molecule has 0 bridgehead atoms. The highest BCUT2D eigenvalue weighted by Crippen LogP contribution is 2.28. The molecule has 0 aliphatic carbocycles. The van der Waals surface area contributed by atoms with Crippen molar-refractivity contribution in [3.8, 4) is 11.1 Å². The van der Waals surface area contributed by atoms with Crippen molar-refractivity contribution in [1.82, 2.24) is 0 Å². The Balaban J connectivity index is 1.80. The minimum absolute atomic E-state index is 0.0442. The molecule has 0 unspecified atom stereocenters. The number of benzene rings is 2. The summed E-state index contributed by atoms with van der Waals surface area (Å²) in [7, 11) is 0. The SMILES string of the molecule is CCCCCCCc1ccc(-c2ccc3cc(CCCC)oc(=O)c3c2F)cc1. The number of hydrogen-bond donors (Lipinski definition) is 0.